The minimum absolute atomic E-state index is 0.0695. The first-order valence-electron chi connectivity index (χ1n) is 9.02. The lowest BCUT2D eigenvalue weighted by atomic mass is 10.1. The molecule has 0 bridgehead atoms. The van der Waals surface area contributed by atoms with Crippen molar-refractivity contribution in [2.75, 3.05) is 23.8 Å². The first-order valence-corrected chi connectivity index (χ1v) is 9.02. The van der Waals surface area contributed by atoms with Crippen LogP contribution in [0.3, 0.4) is 0 Å². The van der Waals surface area contributed by atoms with Gasteiger partial charge < -0.3 is 19.8 Å². The zero-order valence-corrected chi connectivity index (χ0v) is 15.3. The summed E-state index contributed by atoms with van der Waals surface area (Å²) in [6.07, 6.45) is 0.452. The van der Waals surface area contributed by atoms with E-state index in [2.05, 4.69) is 4.98 Å². The number of nitrogen functional groups attached to an aromatic ring is 1. The van der Waals surface area contributed by atoms with Crippen LogP contribution in [0, 0.1) is 0 Å². The third kappa shape index (κ3) is 3.11. The van der Waals surface area contributed by atoms with E-state index in [0.717, 1.165) is 0 Å². The first-order chi connectivity index (χ1) is 13.6. The summed E-state index contributed by atoms with van der Waals surface area (Å²) in [6.45, 7) is 2.37. The summed E-state index contributed by atoms with van der Waals surface area (Å²) < 4.78 is 10.7. The van der Waals surface area contributed by atoms with Crippen molar-refractivity contribution in [1.29, 1.82) is 0 Å². The number of fused-ring (bicyclic) bond motifs is 3. The summed E-state index contributed by atoms with van der Waals surface area (Å²) in [5.41, 5.74) is 8.91. The molecule has 1 aliphatic rings. The van der Waals surface area contributed by atoms with Crippen LogP contribution < -0.4 is 10.6 Å². The Balaban J connectivity index is 1.75. The van der Waals surface area contributed by atoms with E-state index in [9.17, 15) is 9.59 Å². The van der Waals surface area contributed by atoms with E-state index in [4.69, 9.17) is 14.9 Å². The van der Waals surface area contributed by atoms with Crippen molar-refractivity contribution in [1.82, 2.24) is 4.98 Å². The molecule has 0 aliphatic carbocycles. The molecular formula is C21H19N3O4. The Labute approximate surface area is 161 Å². The van der Waals surface area contributed by atoms with Gasteiger partial charge in [-0.1, -0.05) is 12.1 Å². The topological polar surface area (TPSA) is 98.7 Å². The number of nitrogens with zero attached hydrogens (tertiary/aromatic N) is 2. The minimum atomic E-state index is -0.595. The molecule has 0 atom stereocenters. The Morgan fingerprint density at radius 3 is 2.68 bits per heavy atom. The molecule has 0 saturated carbocycles. The van der Waals surface area contributed by atoms with Gasteiger partial charge in [0.2, 0.25) is 0 Å². The molecule has 142 valence electrons. The van der Waals surface area contributed by atoms with Crippen molar-refractivity contribution in [2.24, 2.45) is 0 Å². The fourth-order valence-corrected chi connectivity index (χ4v) is 3.24. The summed E-state index contributed by atoms with van der Waals surface area (Å²) in [6, 6.07) is 14.2. The monoisotopic (exact) mass is 377 g/mol. The maximum Gasteiger partial charge on any atom is 0.394 e. The van der Waals surface area contributed by atoms with Crippen LogP contribution >= 0.6 is 0 Å². The number of nitrogens with two attached hydrogens (primary N) is 1. The zero-order chi connectivity index (χ0) is 19.7. The van der Waals surface area contributed by atoms with Gasteiger partial charge in [0.25, 0.3) is 5.91 Å². The number of oxazole rings is 1. The molecule has 0 unspecified atom stereocenters. The van der Waals surface area contributed by atoms with Crippen molar-refractivity contribution < 1.29 is 18.7 Å². The standard InChI is InChI=1S/C21H19N3O4/c1-2-27-21(26)19-23-16-11-12-24(20(25)13-7-9-14(22)10-8-13)17-6-4-3-5-15(17)18(16)28-19/h3-10H,2,11-12,22H2,1H3. The van der Waals surface area contributed by atoms with Gasteiger partial charge in [0, 0.05) is 29.8 Å². The van der Waals surface area contributed by atoms with Gasteiger partial charge in [-0.2, -0.15) is 0 Å². The number of anilines is 2. The molecule has 2 heterocycles. The molecule has 28 heavy (non-hydrogen) atoms. The number of benzene rings is 2. The van der Waals surface area contributed by atoms with Gasteiger partial charge in [0.05, 0.1) is 18.0 Å². The SMILES string of the molecule is CCOC(=O)c1nc2c(o1)-c1ccccc1N(C(=O)c1ccc(N)cc1)CC2. The second-order valence-electron chi connectivity index (χ2n) is 6.36. The number of esters is 1. The van der Waals surface area contributed by atoms with E-state index in [1.165, 1.54) is 0 Å². The van der Waals surface area contributed by atoms with E-state index >= 15 is 0 Å². The number of amides is 1. The van der Waals surface area contributed by atoms with Gasteiger partial charge in [-0.25, -0.2) is 9.78 Å². The van der Waals surface area contributed by atoms with Gasteiger partial charge in [-0.05, 0) is 43.3 Å². The predicted molar refractivity (Wildman–Crippen MR) is 104 cm³/mol. The van der Waals surface area contributed by atoms with E-state index in [-0.39, 0.29) is 18.4 Å². The Bertz CT molecular complexity index is 1040. The Hall–Kier alpha value is -3.61. The molecule has 0 fully saturated rings. The number of carbonyl (C=O) groups excluding carboxylic acids is 2. The molecule has 2 N–H and O–H groups in total. The third-order valence-electron chi connectivity index (χ3n) is 4.56. The first kappa shape index (κ1) is 17.8. The number of rotatable bonds is 3. The molecule has 7 nitrogen and oxygen atoms in total. The van der Waals surface area contributed by atoms with Gasteiger partial charge in [-0.15, -0.1) is 0 Å². The summed E-state index contributed by atoms with van der Waals surface area (Å²) in [5.74, 6) is -0.308. The normalized spacial score (nSPS) is 12.7. The molecule has 0 radical (unpaired) electrons. The van der Waals surface area contributed by atoms with Crippen LogP contribution in [0.15, 0.2) is 52.9 Å². The summed E-state index contributed by atoms with van der Waals surface area (Å²) in [4.78, 5) is 31.1. The second-order valence-corrected chi connectivity index (χ2v) is 6.36. The molecular weight excluding hydrogens is 358 g/mol. The van der Waals surface area contributed by atoms with Crippen LogP contribution in [0.1, 0.15) is 33.7 Å². The number of hydrogen-bond donors (Lipinski definition) is 1. The quantitative estimate of drug-likeness (QED) is 0.555. The lowest BCUT2D eigenvalue weighted by Gasteiger charge is -2.22. The Morgan fingerprint density at radius 1 is 1.18 bits per heavy atom. The van der Waals surface area contributed by atoms with E-state index in [1.54, 1.807) is 36.1 Å². The number of aromatic nitrogens is 1. The van der Waals surface area contributed by atoms with Crippen LogP contribution in [0.25, 0.3) is 11.3 Å². The largest absolute Gasteiger partial charge is 0.459 e. The fraction of sp³-hybridized carbons (Fsp3) is 0.190. The molecule has 1 aliphatic heterocycles. The lowest BCUT2D eigenvalue weighted by Crippen LogP contribution is -2.32. The predicted octanol–water partition coefficient (Wildman–Crippen LogP) is 3.30. The average molecular weight is 377 g/mol. The van der Waals surface area contributed by atoms with Gasteiger partial charge >= 0.3 is 11.9 Å². The average Bonchev–Trinajstić information content (AvgIpc) is 3.07. The van der Waals surface area contributed by atoms with Crippen molar-refractivity contribution in [3.05, 3.63) is 65.7 Å². The highest BCUT2D eigenvalue weighted by Crippen LogP contribution is 2.37. The van der Waals surface area contributed by atoms with Crippen molar-refractivity contribution >= 4 is 23.3 Å². The van der Waals surface area contributed by atoms with Crippen molar-refractivity contribution in [2.45, 2.75) is 13.3 Å². The van der Waals surface area contributed by atoms with E-state index in [1.807, 2.05) is 24.3 Å². The maximum atomic E-state index is 13.1. The molecule has 0 saturated heterocycles. The lowest BCUT2D eigenvalue weighted by molar-refractivity contribution is 0.0481. The molecule has 1 amide bonds. The molecule has 4 rings (SSSR count). The Kier molecular flexibility index (Phi) is 4.57. The number of carbonyl (C=O) groups is 2. The van der Waals surface area contributed by atoms with Crippen molar-refractivity contribution in [3.8, 4) is 11.3 Å². The molecule has 1 aromatic heterocycles. The highest BCUT2D eigenvalue weighted by Gasteiger charge is 2.30. The van der Waals surface area contributed by atoms with Crippen LogP contribution in [0.5, 0.6) is 0 Å². The maximum absolute atomic E-state index is 13.1. The number of ether oxygens (including phenoxy) is 1. The summed E-state index contributed by atoms with van der Waals surface area (Å²) in [7, 11) is 0. The minimum Gasteiger partial charge on any atom is -0.459 e. The van der Waals surface area contributed by atoms with Gasteiger partial charge in [0.15, 0.2) is 5.76 Å². The Morgan fingerprint density at radius 2 is 1.93 bits per heavy atom. The zero-order valence-electron chi connectivity index (χ0n) is 15.3. The number of hydrogen-bond acceptors (Lipinski definition) is 6. The molecule has 2 aromatic carbocycles. The van der Waals surface area contributed by atoms with E-state index < -0.39 is 5.97 Å². The van der Waals surface area contributed by atoms with E-state index in [0.29, 0.717) is 46.9 Å². The third-order valence-corrected chi connectivity index (χ3v) is 4.56. The van der Waals surface area contributed by atoms with Crippen LogP contribution in [0.2, 0.25) is 0 Å². The van der Waals surface area contributed by atoms with Crippen LogP contribution in [-0.4, -0.2) is 30.0 Å². The summed E-state index contributed by atoms with van der Waals surface area (Å²) in [5, 5.41) is 0. The van der Waals surface area contributed by atoms with Crippen LogP contribution in [-0.2, 0) is 11.2 Å². The highest BCUT2D eigenvalue weighted by atomic mass is 16.5. The smallest absolute Gasteiger partial charge is 0.394 e. The molecule has 3 aromatic rings. The number of para-hydroxylation sites is 1. The highest BCUT2D eigenvalue weighted by molar-refractivity contribution is 6.08. The van der Waals surface area contributed by atoms with Crippen molar-refractivity contribution in [3.63, 3.8) is 0 Å². The molecule has 0 spiro atoms. The van der Waals surface area contributed by atoms with Gasteiger partial charge in [0.1, 0.15) is 0 Å². The van der Waals surface area contributed by atoms with Crippen LogP contribution in [0.4, 0.5) is 11.4 Å². The summed E-state index contributed by atoms with van der Waals surface area (Å²) >= 11 is 0. The fourth-order valence-electron chi connectivity index (χ4n) is 3.24. The van der Waals surface area contributed by atoms with Gasteiger partial charge in [-0.3, -0.25) is 4.79 Å². The molecule has 7 heteroatoms. The second kappa shape index (κ2) is 7.19.